The van der Waals surface area contributed by atoms with Crippen LogP contribution in [-0.2, 0) is 15.0 Å². The molecule has 1 heterocycles. The van der Waals surface area contributed by atoms with Gasteiger partial charge in [-0.05, 0) is 13.3 Å². The molecule has 0 aliphatic carbocycles. The molecule has 1 atom stereocenters. The van der Waals surface area contributed by atoms with E-state index in [2.05, 4.69) is 0 Å². The predicted octanol–water partition coefficient (Wildman–Crippen LogP) is -0.268. The van der Waals surface area contributed by atoms with Crippen molar-refractivity contribution in [3.8, 4) is 0 Å². The molecule has 1 rings (SSSR count). The van der Waals surface area contributed by atoms with E-state index in [9.17, 15) is 13.2 Å². The van der Waals surface area contributed by atoms with Crippen molar-refractivity contribution < 1.29 is 18.3 Å². The largest absolute Gasteiger partial charge is 0.480 e. The highest BCUT2D eigenvalue weighted by Gasteiger charge is 2.40. The van der Waals surface area contributed by atoms with Crippen LogP contribution in [0.5, 0.6) is 0 Å². The second-order valence-corrected chi connectivity index (χ2v) is 5.41. The molecule has 0 unspecified atom stereocenters. The first-order valence-corrected chi connectivity index (χ1v) is 6.30. The third-order valence-electron chi connectivity index (χ3n) is 2.45. The van der Waals surface area contributed by atoms with Crippen molar-refractivity contribution in [2.75, 3.05) is 19.6 Å². The van der Waals surface area contributed by atoms with Gasteiger partial charge in [-0.15, -0.1) is 0 Å². The van der Waals surface area contributed by atoms with E-state index >= 15 is 0 Å². The van der Waals surface area contributed by atoms with Crippen molar-refractivity contribution >= 4 is 16.2 Å². The molecular formula is C8H16N2O4S. The zero-order valence-corrected chi connectivity index (χ0v) is 9.70. The number of aliphatic carboxylic acids is 1. The minimum absolute atomic E-state index is 0.260. The number of hydrogen-bond acceptors (Lipinski definition) is 3. The Labute approximate surface area is 89.7 Å². The summed E-state index contributed by atoms with van der Waals surface area (Å²) in [5.41, 5.74) is 0. The van der Waals surface area contributed by atoms with Gasteiger partial charge in [0.15, 0.2) is 0 Å². The summed E-state index contributed by atoms with van der Waals surface area (Å²) in [6.07, 6.45) is 0.731. The van der Waals surface area contributed by atoms with Crippen LogP contribution in [0, 0.1) is 0 Å². The third-order valence-corrected chi connectivity index (χ3v) is 4.56. The van der Waals surface area contributed by atoms with Gasteiger partial charge in [-0.3, -0.25) is 4.79 Å². The molecule has 0 amide bonds. The normalized spacial score (nSPS) is 24.1. The van der Waals surface area contributed by atoms with Gasteiger partial charge in [-0.25, -0.2) is 0 Å². The Morgan fingerprint density at radius 1 is 1.47 bits per heavy atom. The van der Waals surface area contributed by atoms with Crippen LogP contribution in [0.4, 0.5) is 0 Å². The smallest absolute Gasteiger partial charge is 0.321 e. The van der Waals surface area contributed by atoms with E-state index in [-0.39, 0.29) is 6.54 Å². The first kappa shape index (κ1) is 12.4. The van der Waals surface area contributed by atoms with Crippen molar-refractivity contribution in [1.82, 2.24) is 8.61 Å². The van der Waals surface area contributed by atoms with Crippen LogP contribution in [0.3, 0.4) is 0 Å². The Balaban J connectivity index is 2.84. The van der Waals surface area contributed by atoms with Crippen LogP contribution in [0.1, 0.15) is 20.3 Å². The molecule has 0 aromatic carbocycles. The molecule has 1 N–H and O–H groups in total. The number of nitrogens with zero attached hydrogens (tertiary/aromatic N) is 2. The fraction of sp³-hybridized carbons (Fsp3) is 0.875. The van der Waals surface area contributed by atoms with Crippen molar-refractivity contribution in [3.05, 3.63) is 0 Å². The van der Waals surface area contributed by atoms with E-state index in [1.54, 1.807) is 0 Å². The van der Waals surface area contributed by atoms with E-state index in [0.717, 1.165) is 10.7 Å². The topological polar surface area (TPSA) is 77.9 Å². The van der Waals surface area contributed by atoms with Gasteiger partial charge < -0.3 is 5.11 Å². The van der Waals surface area contributed by atoms with E-state index < -0.39 is 22.2 Å². The fourth-order valence-electron chi connectivity index (χ4n) is 1.58. The summed E-state index contributed by atoms with van der Waals surface area (Å²) in [7, 11) is -3.55. The van der Waals surface area contributed by atoms with Crippen LogP contribution < -0.4 is 0 Å². The first-order valence-electron chi connectivity index (χ1n) is 4.91. The quantitative estimate of drug-likeness (QED) is 0.729. The summed E-state index contributed by atoms with van der Waals surface area (Å²) in [6.45, 7) is 4.36. The highest BCUT2D eigenvalue weighted by Crippen LogP contribution is 2.19. The molecule has 1 aliphatic rings. The summed E-state index contributed by atoms with van der Waals surface area (Å²) in [6, 6.07) is -0.989. The molecule has 88 valence electrons. The highest BCUT2D eigenvalue weighted by atomic mass is 32.2. The van der Waals surface area contributed by atoms with Gasteiger partial charge in [-0.2, -0.15) is 17.0 Å². The Kier molecular flexibility index (Phi) is 3.69. The average Bonchev–Trinajstić information content (AvgIpc) is 2.42. The average molecular weight is 236 g/mol. The van der Waals surface area contributed by atoms with Crippen LogP contribution in [0.15, 0.2) is 0 Å². The second-order valence-electron chi connectivity index (χ2n) is 3.53. The maximum atomic E-state index is 11.8. The lowest BCUT2D eigenvalue weighted by Crippen LogP contribution is -2.42. The minimum Gasteiger partial charge on any atom is -0.480 e. The molecule has 0 aromatic rings. The summed E-state index contributed by atoms with van der Waals surface area (Å²) in [4.78, 5) is 10.7. The van der Waals surface area contributed by atoms with Gasteiger partial charge in [0, 0.05) is 19.6 Å². The van der Waals surface area contributed by atoms with Gasteiger partial charge >= 0.3 is 5.97 Å². The van der Waals surface area contributed by atoms with Gasteiger partial charge in [-0.1, -0.05) is 6.92 Å². The molecule has 1 saturated heterocycles. The molecule has 1 fully saturated rings. The van der Waals surface area contributed by atoms with Gasteiger partial charge in [0.2, 0.25) is 0 Å². The van der Waals surface area contributed by atoms with Crippen LogP contribution in [0.2, 0.25) is 0 Å². The molecule has 0 radical (unpaired) electrons. The minimum atomic E-state index is -3.55. The molecule has 15 heavy (non-hydrogen) atoms. The Hall–Kier alpha value is -0.660. The first-order chi connectivity index (χ1) is 6.91. The molecule has 0 aromatic heterocycles. The lowest BCUT2D eigenvalue weighted by Gasteiger charge is -2.20. The molecule has 0 saturated carbocycles. The number of carbonyl (C=O) groups is 1. The fourth-order valence-corrected chi connectivity index (χ4v) is 3.41. The number of carboxylic acid groups (broad SMARTS) is 1. The zero-order chi connectivity index (χ0) is 11.6. The third kappa shape index (κ3) is 2.30. The standard InChI is InChI=1S/C8H16N2O4S/c1-3-4-9-5-6-10(15(9,13)14)7(2)8(11)12/h7H,3-6H2,1-2H3,(H,11,12)/t7-/m0/s1. The Morgan fingerprint density at radius 3 is 2.53 bits per heavy atom. The van der Waals surface area contributed by atoms with Gasteiger partial charge in [0.25, 0.3) is 10.2 Å². The van der Waals surface area contributed by atoms with E-state index in [1.807, 2.05) is 6.92 Å². The number of rotatable bonds is 4. The Bertz CT molecular complexity index is 341. The zero-order valence-electron chi connectivity index (χ0n) is 8.88. The van der Waals surface area contributed by atoms with Gasteiger partial charge in [0.05, 0.1) is 0 Å². The van der Waals surface area contributed by atoms with Crippen molar-refractivity contribution in [2.45, 2.75) is 26.3 Å². The molecule has 0 spiro atoms. The summed E-state index contributed by atoms with van der Waals surface area (Å²) in [5, 5.41) is 8.77. The van der Waals surface area contributed by atoms with Crippen molar-refractivity contribution in [2.24, 2.45) is 0 Å². The maximum absolute atomic E-state index is 11.8. The number of carboxylic acids is 1. The summed E-state index contributed by atoms with van der Waals surface area (Å²) >= 11 is 0. The van der Waals surface area contributed by atoms with E-state index in [0.29, 0.717) is 13.1 Å². The van der Waals surface area contributed by atoms with Crippen molar-refractivity contribution in [1.29, 1.82) is 0 Å². The molecular weight excluding hydrogens is 220 g/mol. The lowest BCUT2D eigenvalue weighted by atomic mass is 10.3. The van der Waals surface area contributed by atoms with Crippen molar-refractivity contribution in [3.63, 3.8) is 0 Å². The van der Waals surface area contributed by atoms with E-state index in [4.69, 9.17) is 5.11 Å². The SMILES string of the molecule is CCCN1CCN([C@@H](C)C(=O)O)S1(=O)=O. The molecule has 0 bridgehead atoms. The monoisotopic (exact) mass is 236 g/mol. The second kappa shape index (κ2) is 4.46. The molecule has 7 heteroatoms. The molecule has 1 aliphatic heterocycles. The summed E-state index contributed by atoms with van der Waals surface area (Å²) in [5.74, 6) is -1.11. The summed E-state index contributed by atoms with van der Waals surface area (Å²) < 4.78 is 26.0. The number of hydrogen-bond donors (Lipinski definition) is 1. The highest BCUT2D eigenvalue weighted by molar-refractivity contribution is 7.87. The Morgan fingerprint density at radius 2 is 2.07 bits per heavy atom. The molecule has 6 nitrogen and oxygen atoms in total. The van der Waals surface area contributed by atoms with Gasteiger partial charge in [0.1, 0.15) is 6.04 Å². The lowest BCUT2D eigenvalue weighted by molar-refractivity contribution is -0.140. The van der Waals surface area contributed by atoms with Crippen LogP contribution >= 0.6 is 0 Å². The predicted molar refractivity (Wildman–Crippen MR) is 54.6 cm³/mol. The van der Waals surface area contributed by atoms with E-state index in [1.165, 1.54) is 11.2 Å². The maximum Gasteiger partial charge on any atom is 0.321 e. The van der Waals surface area contributed by atoms with Crippen LogP contribution in [-0.4, -0.2) is 53.8 Å². The van der Waals surface area contributed by atoms with Crippen LogP contribution in [0.25, 0.3) is 0 Å².